The predicted molar refractivity (Wildman–Crippen MR) is 92.6 cm³/mol. The molecule has 0 bridgehead atoms. The second-order valence-electron chi connectivity index (χ2n) is 5.41. The number of anilines is 3. The van der Waals surface area contributed by atoms with Crippen LogP contribution in [0.5, 0.6) is 0 Å². The summed E-state index contributed by atoms with van der Waals surface area (Å²) in [5.74, 6) is 0.521. The number of carbonyl (C=O) groups is 1. The Kier molecular flexibility index (Phi) is 6.44. The van der Waals surface area contributed by atoms with Crippen LogP contribution in [-0.4, -0.2) is 60.3 Å². The van der Waals surface area contributed by atoms with E-state index in [0.29, 0.717) is 23.0 Å². The molecule has 0 aliphatic heterocycles. The van der Waals surface area contributed by atoms with E-state index in [2.05, 4.69) is 30.7 Å². The van der Waals surface area contributed by atoms with E-state index in [-0.39, 0.29) is 0 Å². The van der Waals surface area contributed by atoms with E-state index in [0.717, 1.165) is 19.5 Å². The Hall–Kier alpha value is -2.74. The van der Waals surface area contributed by atoms with E-state index in [4.69, 9.17) is 4.74 Å². The quantitative estimate of drug-likeness (QED) is 0.559. The van der Waals surface area contributed by atoms with Crippen LogP contribution >= 0.6 is 0 Å². The third-order valence-corrected chi connectivity index (χ3v) is 3.22. The van der Waals surface area contributed by atoms with Gasteiger partial charge in [-0.25, -0.2) is 4.79 Å². The van der Waals surface area contributed by atoms with Crippen molar-refractivity contribution in [2.75, 3.05) is 44.9 Å². The molecule has 0 atom stereocenters. The number of aromatic nitrogens is 3. The number of esters is 1. The van der Waals surface area contributed by atoms with Gasteiger partial charge in [0.2, 0.25) is 5.95 Å². The normalized spacial score (nSPS) is 10.5. The highest BCUT2D eigenvalue weighted by atomic mass is 16.5. The van der Waals surface area contributed by atoms with Crippen LogP contribution < -0.4 is 10.6 Å². The van der Waals surface area contributed by atoms with E-state index >= 15 is 0 Å². The number of hydrogen-bond acceptors (Lipinski definition) is 8. The molecule has 128 valence electrons. The monoisotopic (exact) mass is 330 g/mol. The molecule has 2 N–H and O–H groups in total. The summed E-state index contributed by atoms with van der Waals surface area (Å²) in [5.41, 5.74) is 1.03. The highest BCUT2D eigenvalue weighted by Crippen LogP contribution is 2.20. The largest absolute Gasteiger partial charge is 0.465 e. The maximum atomic E-state index is 11.8. The lowest BCUT2D eigenvalue weighted by Crippen LogP contribution is -2.17. The Morgan fingerprint density at radius 2 is 2.08 bits per heavy atom. The van der Waals surface area contributed by atoms with Crippen molar-refractivity contribution in [2.45, 2.75) is 6.42 Å². The molecule has 2 rings (SSSR count). The predicted octanol–water partition coefficient (Wildman–Crippen LogP) is 1.77. The smallest absolute Gasteiger partial charge is 0.339 e. The van der Waals surface area contributed by atoms with Gasteiger partial charge in [-0.1, -0.05) is 12.1 Å². The van der Waals surface area contributed by atoms with Gasteiger partial charge in [0.15, 0.2) is 5.82 Å². The molecule has 0 spiro atoms. The number of methoxy groups -OCH3 is 1. The SMILES string of the molecule is COC(=O)c1ccccc1Nc1cnnc(NCCCN(C)C)n1. The van der Waals surface area contributed by atoms with Crippen molar-refractivity contribution >= 4 is 23.4 Å². The number of benzene rings is 1. The molecule has 0 saturated carbocycles. The van der Waals surface area contributed by atoms with Gasteiger partial charge >= 0.3 is 5.97 Å². The van der Waals surface area contributed by atoms with Crippen molar-refractivity contribution in [3.8, 4) is 0 Å². The minimum absolute atomic E-state index is 0.415. The van der Waals surface area contributed by atoms with Crippen LogP contribution in [0, 0.1) is 0 Å². The number of nitrogens with one attached hydrogen (secondary N) is 2. The van der Waals surface area contributed by atoms with Gasteiger partial charge in [0.05, 0.1) is 24.6 Å². The second-order valence-corrected chi connectivity index (χ2v) is 5.41. The lowest BCUT2D eigenvalue weighted by atomic mass is 10.2. The first kappa shape index (κ1) is 17.6. The van der Waals surface area contributed by atoms with Crippen LogP contribution in [0.2, 0.25) is 0 Å². The van der Waals surface area contributed by atoms with Crippen LogP contribution in [0.1, 0.15) is 16.8 Å². The fourth-order valence-electron chi connectivity index (χ4n) is 2.05. The fraction of sp³-hybridized carbons (Fsp3) is 0.375. The molecule has 8 nitrogen and oxygen atoms in total. The number of ether oxygens (including phenoxy) is 1. The summed E-state index contributed by atoms with van der Waals surface area (Å²) in [6, 6.07) is 7.05. The lowest BCUT2D eigenvalue weighted by Gasteiger charge is -2.11. The van der Waals surface area contributed by atoms with Gasteiger partial charge < -0.3 is 20.3 Å². The average molecular weight is 330 g/mol. The summed E-state index contributed by atoms with van der Waals surface area (Å²) in [6.45, 7) is 1.73. The third-order valence-electron chi connectivity index (χ3n) is 3.22. The van der Waals surface area contributed by atoms with Crippen molar-refractivity contribution in [3.05, 3.63) is 36.0 Å². The maximum Gasteiger partial charge on any atom is 0.339 e. The van der Waals surface area contributed by atoms with Gasteiger partial charge in [0.25, 0.3) is 0 Å². The van der Waals surface area contributed by atoms with Gasteiger partial charge in [-0.3, -0.25) is 0 Å². The van der Waals surface area contributed by atoms with Gasteiger partial charge in [0, 0.05) is 6.54 Å². The van der Waals surface area contributed by atoms with Gasteiger partial charge in [-0.15, -0.1) is 5.10 Å². The van der Waals surface area contributed by atoms with Crippen molar-refractivity contribution < 1.29 is 9.53 Å². The molecule has 0 unspecified atom stereocenters. The van der Waals surface area contributed by atoms with Crippen molar-refractivity contribution in [2.24, 2.45) is 0 Å². The number of para-hydroxylation sites is 1. The number of nitrogens with zero attached hydrogens (tertiary/aromatic N) is 4. The first-order chi connectivity index (χ1) is 11.6. The molecule has 0 aliphatic carbocycles. The number of carbonyl (C=O) groups excluding carboxylic acids is 1. The van der Waals surface area contributed by atoms with E-state index in [1.807, 2.05) is 20.2 Å². The first-order valence-corrected chi connectivity index (χ1v) is 7.63. The third kappa shape index (κ3) is 5.17. The minimum Gasteiger partial charge on any atom is -0.465 e. The average Bonchev–Trinajstić information content (AvgIpc) is 2.59. The van der Waals surface area contributed by atoms with Crippen molar-refractivity contribution in [3.63, 3.8) is 0 Å². The van der Waals surface area contributed by atoms with E-state index in [1.54, 1.807) is 18.2 Å². The first-order valence-electron chi connectivity index (χ1n) is 7.63. The van der Waals surface area contributed by atoms with E-state index in [1.165, 1.54) is 13.3 Å². The van der Waals surface area contributed by atoms with Crippen LogP contribution in [0.3, 0.4) is 0 Å². The standard InChI is InChI=1S/C16H22N6O2/c1-22(2)10-6-9-17-16-20-14(11-18-21-16)19-13-8-5-4-7-12(13)15(23)24-3/h4-5,7-8,11H,6,9-10H2,1-3H3,(H2,17,19,20,21). The highest BCUT2D eigenvalue weighted by Gasteiger charge is 2.11. The molecule has 0 radical (unpaired) electrons. The number of hydrogen-bond donors (Lipinski definition) is 2. The molecule has 0 amide bonds. The minimum atomic E-state index is -0.415. The van der Waals surface area contributed by atoms with Crippen molar-refractivity contribution in [1.29, 1.82) is 0 Å². The summed E-state index contributed by atoms with van der Waals surface area (Å²) in [4.78, 5) is 18.3. The summed E-state index contributed by atoms with van der Waals surface area (Å²) >= 11 is 0. The number of rotatable bonds is 8. The lowest BCUT2D eigenvalue weighted by molar-refractivity contribution is 0.0602. The Balaban J connectivity index is 2.03. The molecule has 0 saturated heterocycles. The molecule has 0 aliphatic rings. The summed E-state index contributed by atoms with van der Waals surface area (Å²) < 4.78 is 4.78. The molecule has 24 heavy (non-hydrogen) atoms. The molecular weight excluding hydrogens is 308 g/mol. The zero-order chi connectivity index (χ0) is 17.4. The van der Waals surface area contributed by atoms with E-state index < -0.39 is 5.97 Å². The molecule has 1 heterocycles. The van der Waals surface area contributed by atoms with Crippen LogP contribution in [0.15, 0.2) is 30.5 Å². The molecule has 2 aromatic rings. The zero-order valence-corrected chi connectivity index (χ0v) is 14.1. The summed E-state index contributed by atoms with van der Waals surface area (Å²) in [6.07, 6.45) is 2.47. The van der Waals surface area contributed by atoms with Gasteiger partial charge in [0.1, 0.15) is 0 Å². The molecule has 1 aromatic heterocycles. The Bertz CT molecular complexity index is 677. The Morgan fingerprint density at radius 1 is 1.29 bits per heavy atom. The van der Waals surface area contributed by atoms with Crippen LogP contribution in [0.4, 0.5) is 17.5 Å². The molecule has 8 heteroatoms. The summed E-state index contributed by atoms with van der Waals surface area (Å²) in [7, 11) is 5.41. The highest BCUT2D eigenvalue weighted by molar-refractivity contribution is 5.96. The fourth-order valence-corrected chi connectivity index (χ4v) is 2.05. The van der Waals surface area contributed by atoms with Gasteiger partial charge in [-0.05, 0) is 39.2 Å². The second kappa shape index (κ2) is 8.78. The van der Waals surface area contributed by atoms with Gasteiger partial charge in [-0.2, -0.15) is 10.1 Å². The summed E-state index contributed by atoms with van der Waals surface area (Å²) in [5, 5.41) is 14.1. The molecular formula is C16H22N6O2. The van der Waals surface area contributed by atoms with Crippen LogP contribution in [0.25, 0.3) is 0 Å². The molecule has 1 aromatic carbocycles. The van der Waals surface area contributed by atoms with E-state index in [9.17, 15) is 4.79 Å². The van der Waals surface area contributed by atoms with Crippen molar-refractivity contribution in [1.82, 2.24) is 20.1 Å². The Morgan fingerprint density at radius 3 is 2.83 bits per heavy atom. The molecule has 0 fully saturated rings. The topological polar surface area (TPSA) is 92.3 Å². The van der Waals surface area contributed by atoms with Crippen LogP contribution in [-0.2, 0) is 4.74 Å². The maximum absolute atomic E-state index is 11.8. The Labute approximate surface area is 141 Å². The zero-order valence-electron chi connectivity index (χ0n) is 14.1.